The van der Waals surface area contributed by atoms with Crippen LogP contribution in [0, 0.1) is 0 Å². The van der Waals surface area contributed by atoms with Crippen LogP contribution in [-0.2, 0) is 14.8 Å². The van der Waals surface area contributed by atoms with Crippen LogP contribution >= 0.6 is 12.2 Å². The Kier molecular flexibility index (Phi) is 9.43. The van der Waals surface area contributed by atoms with Crippen LogP contribution < -0.4 is 15.4 Å². The third-order valence-electron chi connectivity index (χ3n) is 4.58. The molecule has 1 aliphatic rings. The van der Waals surface area contributed by atoms with E-state index in [0.29, 0.717) is 49.4 Å². The molecule has 0 bridgehead atoms. The van der Waals surface area contributed by atoms with Crippen molar-refractivity contribution in [3.63, 3.8) is 0 Å². The molecule has 0 amide bonds. The number of nitrogens with one attached hydrogen (secondary N) is 2. The van der Waals surface area contributed by atoms with Gasteiger partial charge < -0.3 is 20.1 Å². The zero-order chi connectivity index (χ0) is 20.4. The molecule has 1 aromatic rings. The average molecular weight is 430 g/mol. The van der Waals surface area contributed by atoms with Crippen LogP contribution in [0.3, 0.4) is 0 Å². The van der Waals surface area contributed by atoms with Crippen molar-refractivity contribution in [1.82, 2.24) is 9.62 Å². The molecule has 0 aliphatic carbocycles. The summed E-state index contributed by atoms with van der Waals surface area (Å²) in [7, 11) is -1.99. The third kappa shape index (κ3) is 6.58. The van der Waals surface area contributed by atoms with Gasteiger partial charge in [0.1, 0.15) is 5.75 Å². The molecule has 9 heteroatoms. The van der Waals surface area contributed by atoms with Gasteiger partial charge in [-0.3, -0.25) is 0 Å². The van der Waals surface area contributed by atoms with Gasteiger partial charge in [-0.15, -0.1) is 0 Å². The molecule has 158 valence electrons. The Morgan fingerprint density at radius 1 is 1.21 bits per heavy atom. The minimum absolute atomic E-state index is 0.247. The van der Waals surface area contributed by atoms with Crippen molar-refractivity contribution in [2.75, 3.05) is 45.3 Å². The summed E-state index contributed by atoms with van der Waals surface area (Å²) in [6, 6.07) is 4.83. The van der Waals surface area contributed by atoms with E-state index in [1.54, 1.807) is 29.6 Å². The second kappa shape index (κ2) is 11.5. The van der Waals surface area contributed by atoms with Gasteiger partial charge in [0.15, 0.2) is 5.11 Å². The van der Waals surface area contributed by atoms with Crippen LogP contribution in [0.2, 0.25) is 0 Å². The normalized spacial score (nSPS) is 15.6. The lowest BCUT2D eigenvalue weighted by molar-refractivity contribution is 0.146. The molecule has 7 nitrogen and oxygen atoms in total. The van der Waals surface area contributed by atoms with E-state index in [1.165, 1.54) is 0 Å². The third-order valence-corrected chi connectivity index (χ3v) is 6.72. The van der Waals surface area contributed by atoms with Crippen LogP contribution in [0.1, 0.15) is 39.0 Å². The fourth-order valence-corrected chi connectivity index (χ4v) is 4.82. The maximum Gasteiger partial charge on any atom is 0.243 e. The first-order valence-corrected chi connectivity index (χ1v) is 11.6. The summed E-state index contributed by atoms with van der Waals surface area (Å²) < 4.78 is 38.3. The Balaban J connectivity index is 2.09. The molecule has 2 rings (SSSR count). The lowest BCUT2D eigenvalue weighted by Gasteiger charge is -2.21. The molecule has 28 heavy (non-hydrogen) atoms. The molecule has 0 aromatic heterocycles. The summed E-state index contributed by atoms with van der Waals surface area (Å²) in [5.74, 6) is 0.535. The highest BCUT2D eigenvalue weighted by Crippen LogP contribution is 2.29. The zero-order valence-corrected chi connectivity index (χ0v) is 18.3. The van der Waals surface area contributed by atoms with E-state index < -0.39 is 10.0 Å². The van der Waals surface area contributed by atoms with Crippen LogP contribution in [0.4, 0.5) is 5.69 Å². The predicted octanol–water partition coefficient (Wildman–Crippen LogP) is 2.97. The topological polar surface area (TPSA) is 79.9 Å². The highest BCUT2D eigenvalue weighted by molar-refractivity contribution is 7.89. The van der Waals surface area contributed by atoms with E-state index >= 15 is 0 Å². The van der Waals surface area contributed by atoms with E-state index in [0.717, 1.165) is 32.1 Å². The minimum atomic E-state index is -3.54. The van der Waals surface area contributed by atoms with E-state index in [9.17, 15) is 8.42 Å². The highest BCUT2D eigenvalue weighted by Gasteiger charge is 2.26. The largest absolute Gasteiger partial charge is 0.495 e. The van der Waals surface area contributed by atoms with Crippen LogP contribution in [0.25, 0.3) is 0 Å². The first-order chi connectivity index (χ1) is 13.5. The molecule has 0 unspecified atom stereocenters. The van der Waals surface area contributed by atoms with Gasteiger partial charge in [-0.05, 0) is 56.6 Å². The van der Waals surface area contributed by atoms with Crippen molar-refractivity contribution < 1.29 is 17.9 Å². The molecular formula is C19H31N3O4S2. The predicted molar refractivity (Wildman–Crippen MR) is 116 cm³/mol. The number of thiocarbonyl (C=S) groups is 1. The van der Waals surface area contributed by atoms with Crippen molar-refractivity contribution in [2.24, 2.45) is 0 Å². The summed E-state index contributed by atoms with van der Waals surface area (Å²) in [6.45, 7) is 5.11. The maximum atomic E-state index is 13.0. The van der Waals surface area contributed by atoms with E-state index in [4.69, 9.17) is 21.7 Å². The summed E-state index contributed by atoms with van der Waals surface area (Å²) in [5.41, 5.74) is 0.528. The SMILES string of the molecule is CCOCCCNC(=S)Nc1cc(S(=O)(=O)N2CCCCCC2)ccc1OC. The number of ether oxygens (including phenoxy) is 2. The van der Waals surface area contributed by atoms with Gasteiger partial charge in [-0.1, -0.05) is 12.8 Å². The Hall–Kier alpha value is -1.42. The number of rotatable bonds is 9. The van der Waals surface area contributed by atoms with Crippen molar-refractivity contribution in [1.29, 1.82) is 0 Å². The summed E-state index contributed by atoms with van der Waals surface area (Å²) in [4.78, 5) is 0.247. The fourth-order valence-electron chi connectivity index (χ4n) is 3.06. The van der Waals surface area contributed by atoms with Gasteiger partial charge in [0.25, 0.3) is 0 Å². The number of anilines is 1. The van der Waals surface area contributed by atoms with Crippen molar-refractivity contribution >= 4 is 33.0 Å². The number of benzene rings is 1. The second-order valence-corrected chi connectivity index (χ2v) is 8.96. The number of nitrogens with zero attached hydrogens (tertiary/aromatic N) is 1. The Morgan fingerprint density at radius 3 is 2.57 bits per heavy atom. The molecular weight excluding hydrogens is 398 g/mol. The minimum Gasteiger partial charge on any atom is -0.495 e. The molecule has 1 fully saturated rings. The Morgan fingerprint density at radius 2 is 1.93 bits per heavy atom. The number of sulfonamides is 1. The average Bonchev–Trinajstić information content (AvgIpc) is 2.98. The molecule has 0 spiro atoms. The molecule has 1 aromatic carbocycles. The van der Waals surface area contributed by atoms with E-state index in [2.05, 4.69) is 10.6 Å². The quantitative estimate of drug-likeness (QED) is 0.461. The Labute approximate surface area is 173 Å². The highest BCUT2D eigenvalue weighted by atomic mass is 32.2. The second-order valence-electron chi connectivity index (χ2n) is 6.61. The summed E-state index contributed by atoms with van der Waals surface area (Å²) >= 11 is 5.32. The molecule has 0 atom stereocenters. The maximum absolute atomic E-state index is 13.0. The van der Waals surface area contributed by atoms with Crippen molar-refractivity contribution in [3.8, 4) is 5.75 Å². The van der Waals surface area contributed by atoms with Gasteiger partial charge in [-0.25, -0.2) is 8.42 Å². The number of methoxy groups -OCH3 is 1. The lowest BCUT2D eigenvalue weighted by atomic mass is 10.2. The molecule has 1 aliphatic heterocycles. The van der Waals surface area contributed by atoms with Crippen LogP contribution in [0.5, 0.6) is 5.75 Å². The van der Waals surface area contributed by atoms with Gasteiger partial charge in [0.2, 0.25) is 10.0 Å². The van der Waals surface area contributed by atoms with Crippen LogP contribution in [0.15, 0.2) is 23.1 Å². The fraction of sp³-hybridized carbons (Fsp3) is 0.632. The van der Waals surface area contributed by atoms with Gasteiger partial charge >= 0.3 is 0 Å². The molecule has 2 N–H and O–H groups in total. The summed E-state index contributed by atoms with van der Waals surface area (Å²) in [5, 5.41) is 6.56. The van der Waals surface area contributed by atoms with Gasteiger partial charge in [0.05, 0.1) is 17.7 Å². The zero-order valence-electron chi connectivity index (χ0n) is 16.7. The molecule has 0 radical (unpaired) electrons. The van der Waals surface area contributed by atoms with E-state index in [1.807, 2.05) is 6.92 Å². The number of hydrogen-bond acceptors (Lipinski definition) is 5. The molecule has 1 saturated heterocycles. The molecule has 1 heterocycles. The Bertz CT molecular complexity index is 733. The first kappa shape index (κ1) is 22.9. The summed E-state index contributed by atoms with van der Waals surface area (Å²) in [6.07, 6.45) is 4.78. The monoisotopic (exact) mass is 429 g/mol. The smallest absolute Gasteiger partial charge is 0.243 e. The van der Waals surface area contributed by atoms with Crippen molar-refractivity contribution in [3.05, 3.63) is 18.2 Å². The van der Waals surface area contributed by atoms with Gasteiger partial charge in [-0.2, -0.15) is 4.31 Å². The van der Waals surface area contributed by atoms with Crippen LogP contribution in [-0.4, -0.2) is 57.8 Å². The molecule has 0 saturated carbocycles. The van der Waals surface area contributed by atoms with Gasteiger partial charge in [0, 0.05) is 32.8 Å². The number of hydrogen-bond donors (Lipinski definition) is 2. The lowest BCUT2D eigenvalue weighted by Crippen LogP contribution is -2.32. The van der Waals surface area contributed by atoms with Crippen molar-refractivity contribution in [2.45, 2.75) is 43.9 Å². The van der Waals surface area contributed by atoms with E-state index in [-0.39, 0.29) is 4.90 Å². The first-order valence-electron chi connectivity index (χ1n) is 9.80. The standard InChI is InChI=1S/C19H31N3O4S2/c1-3-26-14-8-11-20-19(27)21-17-15-16(9-10-18(17)25-2)28(23,24)22-12-6-4-5-7-13-22/h9-10,15H,3-8,11-14H2,1-2H3,(H2,20,21,27).